The van der Waals surface area contributed by atoms with Gasteiger partial charge < -0.3 is 37.2 Å². The van der Waals surface area contributed by atoms with Crippen molar-refractivity contribution in [3.8, 4) is 0 Å². The first kappa shape index (κ1) is 66.9. The second-order valence-corrected chi connectivity index (χ2v) is 25.1. The smallest absolute Gasteiger partial charge is 1.00 e. The zero-order chi connectivity index (χ0) is 46.0. The Kier molecular flexibility index (Phi) is 37.1. The van der Waals surface area contributed by atoms with Gasteiger partial charge in [0.25, 0.3) is 0 Å². The van der Waals surface area contributed by atoms with Gasteiger partial charge >= 0.3 is 21.7 Å². The van der Waals surface area contributed by atoms with E-state index in [0.717, 1.165) is 6.42 Å². The van der Waals surface area contributed by atoms with E-state index in [2.05, 4.69) is 129 Å². The Labute approximate surface area is 456 Å². The summed E-state index contributed by atoms with van der Waals surface area (Å²) in [6, 6.07) is 24.7. The van der Waals surface area contributed by atoms with Gasteiger partial charge in [-0.3, -0.25) is 6.08 Å². The molecule has 1 aliphatic carbocycles. The number of rotatable bonds is 34. The third-order valence-corrected chi connectivity index (χ3v) is 19.1. The average Bonchev–Trinajstić information content (AvgIpc) is 3.79. The SMILES string of the molecule is CCCCCCc1cc(CCCCCC)cc([Si](C2=CC[C-]=C2C(C)(C)C)(c2cc(CCCCCC)cc(CCCCCC)c2)c2cc(CCCCCC)cc(CCCCCC)c2)c1.[Cl-].[Cl-].[Cl-].[Ti+4]. The van der Waals surface area contributed by atoms with Gasteiger partial charge in [0, 0.05) is 0 Å². The molecule has 0 unspecified atom stereocenters. The summed E-state index contributed by atoms with van der Waals surface area (Å²) in [6.07, 6.45) is 46.3. The van der Waals surface area contributed by atoms with Crippen LogP contribution in [0.1, 0.15) is 256 Å². The molecule has 0 fully saturated rings. The van der Waals surface area contributed by atoms with Gasteiger partial charge in [-0.25, -0.2) is 5.57 Å². The van der Waals surface area contributed by atoms with Crippen molar-refractivity contribution in [2.75, 3.05) is 0 Å². The molecule has 68 heavy (non-hydrogen) atoms. The summed E-state index contributed by atoms with van der Waals surface area (Å²) in [6.45, 7) is 21.6. The molecule has 0 amide bonds. The summed E-state index contributed by atoms with van der Waals surface area (Å²) in [7, 11) is -2.92. The first-order chi connectivity index (χ1) is 31.1. The molecule has 380 valence electrons. The fourth-order valence-corrected chi connectivity index (χ4v) is 16.4. The number of hydrogen-bond donors (Lipinski definition) is 0. The van der Waals surface area contributed by atoms with Gasteiger partial charge in [0.1, 0.15) is 0 Å². The van der Waals surface area contributed by atoms with Crippen LogP contribution in [-0.4, -0.2) is 8.07 Å². The second-order valence-electron chi connectivity index (χ2n) is 21.4. The van der Waals surface area contributed by atoms with E-state index in [1.54, 1.807) is 54.1 Å². The third kappa shape index (κ3) is 21.6. The van der Waals surface area contributed by atoms with Gasteiger partial charge in [0.2, 0.25) is 0 Å². The number of halogens is 3. The van der Waals surface area contributed by atoms with Gasteiger partial charge in [0.15, 0.2) is 0 Å². The number of allylic oxidation sites excluding steroid dienone is 4. The maximum absolute atomic E-state index is 4.10. The topological polar surface area (TPSA) is 0 Å². The van der Waals surface area contributed by atoms with Crippen LogP contribution >= 0.6 is 0 Å². The Hall–Kier alpha value is -1.06. The van der Waals surface area contributed by atoms with E-state index in [1.165, 1.54) is 198 Å². The molecule has 0 aromatic heterocycles. The Morgan fingerprint density at radius 1 is 0.368 bits per heavy atom. The van der Waals surface area contributed by atoms with Gasteiger partial charge in [0.05, 0.1) is 8.07 Å². The van der Waals surface area contributed by atoms with Crippen LogP contribution < -0.4 is 52.8 Å². The molecule has 0 N–H and O–H groups in total. The maximum Gasteiger partial charge on any atom is 4.00 e. The van der Waals surface area contributed by atoms with E-state index in [-0.39, 0.29) is 64.4 Å². The molecule has 0 nitrogen and oxygen atoms in total. The second kappa shape index (κ2) is 37.7. The largest absolute Gasteiger partial charge is 4.00 e. The molecule has 4 rings (SSSR count). The average molecular weight is 1040 g/mol. The minimum atomic E-state index is -2.92. The minimum absolute atomic E-state index is 0. The molecule has 0 radical (unpaired) electrons. The Morgan fingerprint density at radius 3 is 0.809 bits per heavy atom. The Balaban J connectivity index is 0.0000112. The van der Waals surface area contributed by atoms with Crippen LogP contribution in [0.25, 0.3) is 0 Å². The van der Waals surface area contributed by atoms with Crippen LogP contribution in [0.15, 0.2) is 71.4 Å². The maximum atomic E-state index is 4.10. The molecule has 1 aliphatic rings. The molecule has 5 heteroatoms. The summed E-state index contributed by atoms with van der Waals surface area (Å²) in [5.74, 6) is 0. The van der Waals surface area contributed by atoms with E-state index in [4.69, 9.17) is 0 Å². The van der Waals surface area contributed by atoms with Gasteiger partial charge in [-0.1, -0.05) is 248 Å². The van der Waals surface area contributed by atoms with E-state index >= 15 is 0 Å². The molecule has 0 bridgehead atoms. The number of unbranched alkanes of at least 4 members (excludes halogenated alkanes) is 18. The molecular weight excluding hydrogens is 939 g/mol. The van der Waals surface area contributed by atoms with Crippen LogP contribution in [0.5, 0.6) is 0 Å². The number of benzene rings is 3. The van der Waals surface area contributed by atoms with Crippen molar-refractivity contribution in [3.63, 3.8) is 0 Å². The van der Waals surface area contributed by atoms with Crippen molar-refractivity contribution < 1.29 is 58.9 Å². The van der Waals surface area contributed by atoms with Crippen LogP contribution in [0.2, 0.25) is 0 Å². The molecule has 0 heterocycles. The molecule has 0 spiro atoms. The van der Waals surface area contributed by atoms with Crippen molar-refractivity contribution in [1.29, 1.82) is 0 Å². The van der Waals surface area contributed by atoms with Crippen molar-refractivity contribution in [2.24, 2.45) is 5.41 Å². The Morgan fingerprint density at radius 2 is 0.603 bits per heavy atom. The van der Waals surface area contributed by atoms with E-state index in [1.807, 2.05) is 0 Å². The standard InChI is InChI=1S/C63H99Si.3ClH.Ti/c1-10-16-22-28-35-52-43-53(36-29-23-17-11-2)47-58(46-52)64(62-42-34-41-61(62)63(7,8)9,59-48-54(37-30-24-18-12-3)44-55(49-59)38-31-25-19-13-4)60-50-56(39-32-26-20-14-5)45-57(51-60)40-33-27-21-15-6;;;;/h42-51H,10-40H2,1-9H3;3*1H;/q-1;;;;+4/p-3. The van der Waals surface area contributed by atoms with Gasteiger partial charge in [-0.15, -0.1) is 6.42 Å². The van der Waals surface area contributed by atoms with Crippen LogP contribution in [0, 0.1) is 11.5 Å². The van der Waals surface area contributed by atoms with E-state index in [9.17, 15) is 0 Å². The Bertz CT molecular complexity index is 1570. The molecule has 3 aromatic rings. The molecule has 0 saturated carbocycles. The first-order valence-corrected chi connectivity index (χ1v) is 29.9. The molecule has 0 aliphatic heterocycles. The quantitative estimate of drug-likeness (QED) is 0.0244. The fraction of sp³-hybridized carbons (Fsp3) is 0.651. The number of aryl methyl sites for hydroxylation is 6. The third-order valence-electron chi connectivity index (χ3n) is 14.4. The van der Waals surface area contributed by atoms with Crippen LogP contribution in [0.4, 0.5) is 0 Å². The van der Waals surface area contributed by atoms with E-state index < -0.39 is 8.07 Å². The zero-order valence-corrected chi connectivity index (χ0v) is 50.2. The predicted molar refractivity (Wildman–Crippen MR) is 290 cm³/mol. The van der Waals surface area contributed by atoms with Crippen molar-refractivity contribution in [1.82, 2.24) is 0 Å². The van der Waals surface area contributed by atoms with Crippen molar-refractivity contribution in [2.45, 2.75) is 261 Å². The molecule has 0 atom stereocenters. The molecule has 3 aromatic carbocycles. The first-order valence-electron chi connectivity index (χ1n) is 27.9. The summed E-state index contributed by atoms with van der Waals surface area (Å²) in [5.41, 5.74) is 11.0. The summed E-state index contributed by atoms with van der Waals surface area (Å²) >= 11 is 0. The summed E-state index contributed by atoms with van der Waals surface area (Å²) < 4.78 is 0. The minimum Gasteiger partial charge on any atom is -1.00 e. The molecular formula is C63H99Cl3SiTi. The summed E-state index contributed by atoms with van der Waals surface area (Å²) in [5, 5.41) is 6.62. The summed E-state index contributed by atoms with van der Waals surface area (Å²) in [4.78, 5) is 0. The van der Waals surface area contributed by atoms with Crippen molar-refractivity contribution in [3.05, 3.63) is 111 Å². The van der Waals surface area contributed by atoms with Gasteiger partial charge in [-0.05, 0) is 116 Å². The number of hydrogen-bond acceptors (Lipinski definition) is 0. The van der Waals surface area contributed by atoms with Crippen LogP contribution in [0.3, 0.4) is 0 Å². The predicted octanol–water partition coefficient (Wildman–Crippen LogP) is 8.55. The van der Waals surface area contributed by atoms with Crippen LogP contribution in [-0.2, 0) is 60.2 Å². The normalized spacial score (nSPS) is 12.4. The van der Waals surface area contributed by atoms with Crippen molar-refractivity contribution >= 4 is 23.6 Å². The van der Waals surface area contributed by atoms with Gasteiger partial charge in [-0.2, -0.15) is 11.3 Å². The van der Waals surface area contributed by atoms with E-state index in [0.29, 0.717) is 0 Å². The molecule has 0 saturated heterocycles. The monoisotopic (exact) mass is 1040 g/mol. The fourth-order valence-electron chi connectivity index (χ4n) is 10.8. The zero-order valence-electron chi connectivity index (χ0n) is 45.3.